The predicted molar refractivity (Wildman–Crippen MR) is 96.5 cm³/mol. The van der Waals surface area contributed by atoms with E-state index in [-0.39, 0.29) is 24.7 Å². The van der Waals surface area contributed by atoms with Crippen molar-refractivity contribution in [2.75, 3.05) is 6.61 Å². The van der Waals surface area contributed by atoms with Crippen LogP contribution in [0.15, 0.2) is 23.6 Å². The number of fused-ring (bicyclic) bond motifs is 5. The van der Waals surface area contributed by atoms with E-state index in [9.17, 15) is 30.0 Å². The van der Waals surface area contributed by atoms with Crippen LogP contribution in [-0.4, -0.2) is 56.4 Å². The van der Waals surface area contributed by atoms with Crippen LogP contribution >= 0.6 is 0 Å². The van der Waals surface area contributed by atoms with E-state index in [0.717, 1.165) is 6.08 Å². The SMILES string of the molecule is C[C@]12C(F)=CC(=O)C=C1CC[C@@H]1[C@@H]2C(O)C[C@@]2(C)[C@H]1C[C@@H](O)[C@]2(O)C(=O)CO. The number of carbonyl (C=O) groups excluding carboxylic acids is 2. The van der Waals surface area contributed by atoms with E-state index < -0.39 is 58.6 Å². The Bertz CT molecular complexity index is 805. The molecule has 0 aromatic heterocycles. The number of hydrogen-bond acceptors (Lipinski definition) is 6. The fraction of sp³-hybridized carbons (Fsp3) is 0.714. The number of aliphatic hydroxyl groups is 4. The zero-order valence-corrected chi connectivity index (χ0v) is 16.1. The van der Waals surface area contributed by atoms with E-state index in [4.69, 9.17) is 0 Å². The zero-order chi connectivity index (χ0) is 20.6. The van der Waals surface area contributed by atoms with Crippen molar-refractivity contribution in [1.29, 1.82) is 0 Å². The molecule has 0 bridgehead atoms. The molecule has 0 aliphatic heterocycles. The minimum Gasteiger partial charge on any atom is -0.393 e. The fourth-order valence-corrected chi connectivity index (χ4v) is 7.02. The molecule has 28 heavy (non-hydrogen) atoms. The second kappa shape index (κ2) is 6.05. The van der Waals surface area contributed by atoms with Gasteiger partial charge in [-0.05, 0) is 50.5 Å². The monoisotopic (exact) mass is 394 g/mol. The molecule has 4 aliphatic rings. The Kier molecular flexibility index (Phi) is 4.29. The smallest absolute Gasteiger partial charge is 0.192 e. The third-order valence-corrected chi connectivity index (χ3v) is 8.41. The van der Waals surface area contributed by atoms with Gasteiger partial charge in [0.05, 0.1) is 12.2 Å². The lowest BCUT2D eigenvalue weighted by molar-refractivity contribution is -0.191. The van der Waals surface area contributed by atoms with E-state index in [0.29, 0.717) is 18.4 Å². The Morgan fingerprint density at radius 1 is 1.29 bits per heavy atom. The number of carbonyl (C=O) groups is 2. The largest absolute Gasteiger partial charge is 0.393 e. The highest BCUT2D eigenvalue weighted by Crippen LogP contribution is 2.68. The quantitative estimate of drug-likeness (QED) is 0.551. The summed E-state index contributed by atoms with van der Waals surface area (Å²) in [5.41, 5.74) is -3.72. The standard InChI is InChI=1S/C21H27FO6/c1-19-8-14(25)18-12(13(19)7-16(26)21(19,28)17(27)9-23)4-3-10-5-11(24)6-15(22)20(10,18)2/h5-6,12-14,16,18,23,25-26,28H,3-4,7-9H2,1-2H3/t12-,13-,14?,16+,18+,19-,20+,21-/m0/s1. The molecule has 0 aromatic rings. The molecule has 3 saturated carbocycles. The molecule has 3 fully saturated rings. The summed E-state index contributed by atoms with van der Waals surface area (Å²) in [5, 5.41) is 42.2. The molecule has 4 aliphatic carbocycles. The molecule has 8 atom stereocenters. The van der Waals surface area contributed by atoms with Crippen LogP contribution < -0.4 is 0 Å². The summed E-state index contributed by atoms with van der Waals surface area (Å²) in [4.78, 5) is 24.2. The van der Waals surface area contributed by atoms with Crippen molar-refractivity contribution in [3.05, 3.63) is 23.6 Å². The highest BCUT2D eigenvalue weighted by molar-refractivity contribution is 6.01. The number of aliphatic hydroxyl groups excluding tert-OH is 3. The van der Waals surface area contributed by atoms with Gasteiger partial charge in [-0.3, -0.25) is 9.59 Å². The average molecular weight is 394 g/mol. The van der Waals surface area contributed by atoms with Crippen molar-refractivity contribution in [3.63, 3.8) is 0 Å². The number of allylic oxidation sites excluding steroid dienone is 4. The van der Waals surface area contributed by atoms with Gasteiger partial charge in [0.15, 0.2) is 17.2 Å². The summed E-state index contributed by atoms with van der Waals surface area (Å²) < 4.78 is 15.1. The van der Waals surface area contributed by atoms with Crippen molar-refractivity contribution >= 4 is 11.6 Å². The molecule has 4 N–H and O–H groups in total. The van der Waals surface area contributed by atoms with Gasteiger partial charge in [0.25, 0.3) is 0 Å². The van der Waals surface area contributed by atoms with Gasteiger partial charge in [-0.1, -0.05) is 12.5 Å². The summed E-state index contributed by atoms with van der Waals surface area (Å²) in [6, 6.07) is 0. The molecule has 0 radical (unpaired) electrons. The number of rotatable bonds is 2. The molecule has 7 heteroatoms. The van der Waals surface area contributed by atoms with E-state index in [1.54, 1.807) is 13.8 Å². The Morgan fingerprint density at radius 2 is 1.96 bits per heavy atom. The minimum absolute atomic E-state index is 0.00221. The van der Waals surface area contributed by atoms with Gasteiger partial charge in [-0.25, -0.2) is 4.39 Å². The van der Waals surface area contributed by atoms with Crippen LogP contribution in [0.5, 0.6) is 0 Å². The average Bonchev–Trinajstić information content (AvgIpc) is 2.83. The molecule has 1 unspecified atom stereocenters. The van der Waals surface area contributed by atoms with Crippen LogP contribution in [0.3, 0.4) is 0 Å². The summed E-state index contributed by atoms with van der Waals surface area (Å²) in [6.07, 6.45) is 1.24. The van der Waals surface area contributed by atoms with Crippen LogP contribution in [-0.2, 0) is 9.59 Å². The maximum atomic E-state index is 15.1. The van der Waals surface area contributed by atoms with E-state index in [2.05, 4.69) is 0 Å². The molecule has 0 aromatic carbocycles. The number of halogens is 1. The Labute approximate surface area is 162 Å². The first-order valence-electron chi connectivity index (χ1n) is 9.87. The van der Waals surface area contributed by atoms with Gasteiger partial charge in [-0.2, -0.15) is 0 Å². The molecule has 0 amide bonds. The first-order chi connectivity index (χ1) is 13.0. The number of ketones is 2. The van der Waals surface area contributed by atoms with E-state index in [1.807, 2.05) is 0 Å². The second-order valence-electron chi connectivity index (χ2n) is 9.39. The Morgan fingerprint density at radius 3 is 2.61 bits per heavy atom. The molecular formula is C21H27FO6. The highest BCUT2D eigenvalue weighted by atomic mass is 19.1. The maximum Gasteiger partial charge on any atom is 0.192 e. The topological polar surface area (TPSA) is 115 Å². The summed E-state index contributed by atoms with van der Waals surface area (Å²) >= 11 is 0. The fourth-order valence-electron chi connectivity index (χ4n) is 7.02. The molecule has 0 spiro atoms. The van der Waals surface area contributed by atoms with Crippen molar-refractivity contribution in [1.82, 2.24) is 0 Å². The third kappa shape index (κ3) is 2.16. The van der Waals surface area contributed by atoms with Crippen molar-refractivity contribution in [2.45, 2.75) is 57.3 Å². The second-order valence-corrected chi connectivity index (χ2v) is 9.39. The van der Waals surface area contributed by atoms with E-state index in [1.165, 1.54) is 6.08 Å². The van der Waals surface area contributed by atoms with Crippen LogP contribution in [0.2, 0.25) is 0 Å². The lowest BCUT2D eigenvalue weighted by Crippen LogP contribution is -2.64. The normalized spacial score (nSPS) is 50.2. The van der Waals surface area contributed by atoms with E-state index >= 15 is 4.39 Å². The molecule has 154 valence electrons. The van der Waals surface area contributed by atoms with Crippen molar-refractivity contribution in [2.24, 2.45) is 28.6 Å². The molecular weight excluding hydrogens is 367 g/mol. The maximum absolute atomic E-state index is 15.1. The first kappa shape index (κ1) is 19.9. The van der Waals surface area contributed by atoms with Gasteiger partial charge < -0.3 is 20.4 Å². The highest BCUT2D eigenvalue weighted by Gasteiger charge is 2.71. The third-order valence-electron chi connectivity index (χ3n) is 8.41. The minimum atomic E-state index is -2.15. The number of hydrogen-bond donors (Lipinski definition) is 4. The van der Waals surface area contributed by atoms with Crippen LogP contribution in [0, 0.1) is 28.6 Å². The van der Waals surface area contributed by atoms with Crippen molar-refractivity contribution < 1.29 is 34.4 Å². The van der Waals surface area contributed by atoms with Gasteiger partial charge in [0, 0.05) is 22.8 Å². The summed E-state index contributed by atoms with van der Waals surface area (Å²) in [5.74, 6) is -2.88. The zero-order valence-electron chi connectivity index (χ0n) is 16.1. The summed E-state index contributed by atoms with van der Waals surface area (Å²) in [6.45, 7) is 2.48. The Hall–Kier alpha value is -1.41. The van der Waals surface area contributed by atoms with Crippen LogP contribution in [0.4, 0.5) is 4.39 Å². The summed E-state index contributed by atoms with van der Waals surface area (Å²) in [7, 11) is 0. The molecule has 6 nitrogen and oxygen atoms in total. The number of Topliss-reactive ketones (excluding diaryl/α,β-unsaturated/α-hetero) is 1. The van der Waals surface area contributed by atoms with Gasteiger partial charge in [0.1, 0.15) is 12.4 Å². The lowest BCUT2D eigenvalue weighted by Gasteiger charge is -2.59. The van der Waals surface area contributed by atoms with Crippen LogP contribution in [0.25, 0.3) is 0 Å². The predicted octanol–water partition coefficient (Wildman–Crippen LogP) is 0.826. The first-order valence-corrected chi connectivity index (χ1v) is 9.87. The lowest BCUT2D eigenvalue weighted by atomic mass is 9.46. The van der Waals surface area contributed by atoms with Gasteiger partial charge in [0.2, 0.25) is 0 Å². The molecule has 0 heterocycles. The van der Waals surface area contributed by atoms with Crippen molar-refractivity contribution in [3.8, 4) is 0 Å². The Balaban J connectivity index is 1.80. The van der Waals surface area contributed by atoms with Gasteiger partial charge in [-0.15, -0.1) is 0 Å². The van der Waals surface area contributed by atoms with Gasteiger partial charge >= 0.3 is 0 Å². The van der Waals surface area contributed by atoms with Crippen LogP contribution in [0.1, 0.15) is 39.5 Å². The molecule has 0 saturated heterocycles. The molecule has 4 rings (SSSR count).